The molecule has 1 N–H and O–H groups in total. The number of carbonyl (C=O) groups excluding carboxylic acids is 1. The van der Waals surface area contributed by atoms with Crippen molar-refractivity contribution in [2.45, 2.75) is 52.3 Å². The summed E-state index contributed by atoms with van der Waals surface area (Å²) in [5.74, 6) is -2.61. The molecule has 0 saturated heterocycles. The highest BCUT2D eigenvalue weighted by Gasteiger charge is 2.43. The van der Waals surface area contributed by atoms with E-state index in [0.717, 1.165) is 42.3 Å². The highest BCUT2D eigenvalue weighted by molar-refractivity contribution is 5.97. The van der Waals surface area contributed by atoms with E-state index in [4.69, 9.17) is 0 Å². The first-order chi connectivity index (χ1) is 13.7. The van der Waals surface area contributed by atoms with E-state index in [0.29, 0.717) is 28.9 Å². The van der Waals surface area contributed by atoms with Crippen molar-refractivity contribution < 1.29 is 22.4 Å². The minimum atomic E-state index is -5.06. The first-order valence-electron chi connectivity index (χ1n) is 9.74. The lowest BCUT2D eigenvalue weighted by Gasteiger charge is -2.27. The number of nitrogens with zero attached hydrogens (tertiary/aromatic N) is 1. The summed E-state index contributed by atoms with van der Waals surface area (Å²) >= 11 is 0. The normalized spacial score (nSPS) is 13.6. The number of rotatable bonds is 5. The van der Waals surface area contributed by atoms with Crippen LogP contribution in [0, 0.1) is 12.7 Å². The van der Waals surface area contributed by atoms with Crippen LogP contribution in [0.3, 0.4) is 0 Å². The van der Waals surface area contributed by atoms with E-state index in [9.17, 15) is 22.4 Å². The van der Waals surface area contributed by atoms with Crippen molar-refractivity contribution in [1.29, 1.82) is 0 Å². The van der Waals surface area contributed by atoms with Gasteiger partial charge in [-0.1, -0.05) is 31.5 Å². The molecule has 0 bridgehead atoms. The average Bonchev–Trinajstić information content (AvgIpc) is 2.68. The molecule has 0 saturated carbocycles. The van der Waals surface area contributed by atoms with Gasteiger partial charge >= 0.3 is 12.1 Å². The smallest absolute Gasteiger partial charge is 0.385 e. The van der Waals surface area contributed by atoms with Crippen LogP contribution in [-0.2, 0) is 24.2 Å². The van der Waals surface area contributed by atoms with Gasteiger partial charge in [0, 0.05) is 17.9 Å². The molecule has 29 heavy (non-hydrogen) atoms. The minimum absolute atomic E-state index is 0.102. The Balaban J connectivity index is 1.99. The summed E-state index contributed by atoms with van der Waals surface area (Å²) in [6.07, 6.45) is -1.97. The molecule has 0 unspecified atom stereocenters. The maximum Gasteiger partial charge on any atom is 0.471 e. The van der Waals surface area contributed by atoms with Gasteiger partial charge in [-0.25, -0.2) is 4.39 Å². The maximum atomic E-state index is 14.4. The molecule has 0 radical (unpaired) electrons. The van der Waals surface area contributed by atoms with Crippen LogP contribution in [0.15, 0.2) is 30.3 Å². The predicted molar refractivity (Wildman–Crippen MR) is 106 cm³/mol. The van der Waals surface area contributed by atoms with Crippen LogP contribution in [0.2, 0.25) is 0 Å². The van der Waals surface area contributed by atoms with Gasteiger partial charge in [0.2, 0.25) is 0 Å². The molecule has 3 rings (SSSR count). The van der Waals surface area contributed by atoms with Gasteiger partial charge in [0.05, 0.1) is 6.54 Å². The van der Waals surface area contributed by atoms with E-state index in [1.54, 1.807) is 6.07 Å². The van der Waals surface area contributed by atoms with E-state index >= 15 is 0 Å². The van der Waals surface area contributed by atoms with E-state index in [-0.39, 0.29) is 12.2 Å². The van der Waals surface area contributed by atoms with Gasteiger partial charge in [-0.3, -0.25) is 4.79 Å². The molecular formula is C22H24F4N2O. The molecule has 1 aliphatic rings. The van der Waals surface area contributed by atoms with Crippen molar-refractivity contribution in [1.82, 2.24) is 0 Å². The number of nitrogens with one attached hydrogen (secondary N) is 1. The monoisotopic (exact) mass is 408 g/mol. The Labute approximate surface area is 167 Å². The Hall–Kier alpha value is -2.57. The average molecular weight is 408 g/mol. The van der Waals surface area contributed by atoms with Crippen LogP contribution in [0.4, 0.5) is 28.9 Å². The lowest BCUT2D eigenvalue weighted by molar-refractivity contribution is -0.170. The van der Waals surface area contributed by atoms with Crippen molar-refractivity contribution in [3.05, 3.63) is 58.4 Å². The lowest BCUT2D eigenvalue weighted by Crippen LogP contribution is -2.41. The molecule has 0 atom stereocenters. The second kappa shape index (κ2) is 8.43. The summed E-state index contributed by atoms with van der Waals surface area (Å²) in [4.78, 5) is 12.8. The number of alkyl halides is 3. The zero-order valence-corrected chi connectivity index (χ0v) is 16.5. The Morgan fingerprint density at radius 2 is 1.90 bits per heavy atom. The first-order valence-corrected chi connectivity index (χ1v) is 9.74. The fourth-order valence-electron chi connectivity index (χ4n) is 3.71. The van der Waals surface area contributed by atoms with Crippen LogP contribution >= 0.6 is 0 Å². The van der Waals surface area contributed by atoms with Crippen LogP contribution in [-0.4, -0.2) is 18.6 Å². The molecule has 3 nitrogen and oxygen atoms in total. The standard InChI is InChI=1S/C22H24F4N2O/c1-3-5-15-9-10-18(12-19(15)23)28(21(29)22(24,25)26)13-17-8-7-16-6-4-11-27-20(16)14(17)2/h7-10,12,27H,3-6,11,13H2,1-2H3. The number of hydrogen-bond donors (Lipinski definition) is 1. The van der Waals surface area contributed by atoms with Gasteiger partial charge < -0.3 is 10.2 Å². The highest BCUT2D eigenvalue weighted by atomic mass is 19.4. The number of hydrogen-bond acceptors (Lipinski definition) is 2. The molecule has 1 amide bonds. The fraction of sp³-hybridized carbons (Fsp3) is 0.409. The summed E-state index contributed by atoms with van der Waals surface area (Å²) in [5.41, 5.74) is 3.75. The van der Waals surface area contributed by atoms with Crippen molar-refractivity contribution >= 4 is 17.3 Å². The molecule has 2 aromatic carbocycles. The topological polar surface area (TPSA) is 32.3 Å². The molecule has 0 fully saturated rings. The summed E-state index contributed by atoms with van der Waals surface area (Å²) in [6, 6.07) is 7.47. The quantitative estimate of drug-likeness (QED) is 0.659. The predicted octanol–water partition coefficient (Wildman–Crippen LogP) is 5.54. The molecule has 156 valence electrons. The molecule has 1 aliphatic heterocycles. The Bertz CT molecular complexity index is 908. The fourth-order valence-corrected chi connectivity index (χ4v) is 3.71. The van der Waals surface area contributed by atoms with E-state index in [2.05, 4.69) is 5.32 Å². The largest absolute Gasteiger partial charge is 0.471 e. The third-order valence-electron chi connectivity index (χ3n) is 5.27. The summed E-state index contributed by atoms with van der Waals surface area (Å²) in [6.45, 7) is 4.23. The van der Waals surface area contributed by atoms with Gasteiger partial charge in [-0.15, -0.1) is 0 Å². The zero-order chi connectivity index (χ0) is 21.2. The van der Waals surface area contributed by atoms with Gasteiger partial charge in [-0.05, 0) is 60.6 Å². The first kappa shape index (κ1) is 21.1. The second-order valence-electron chi connectivity index (χ2n) is 7.33. The lowest BCUT2D eigenvalue weighted by atomic mass is 9.96. The van der Waals surface area contributed by atoms with E-state index in [1.165, 1.54) is 12.1 Å². The number of anilines is 2. The van der Waals surface area contributed by atoms with Crippen LogP contribution in [0.5, 0.6) is 0 Å². The maximum absolute atomic E-state index is 14.4. The third-order valence-corrected chi connectivity index (χ3v) is 5.27. The Kier molecular flexibility index (Phi) is 6.15. The van der Waals surface area contributed by atoms with E-state index in [1.807, 2.05) is 19.9 Å². The van der Waals surface area contributed by atoms with Crippen molar-refractivity contribution in [2.24, 2.45) is 0 Å². The highest BCUT2D eigenvalue weighted by Crippen LogP contribution is 2.32. The zero-order valence-electron chi connectivity index (χ0n) is 16.5. The number of aryl methyl sites for hydroxylation is 2. The number of carbonyl (C=O) groups is 1. The van der Waals surface area contributed by atoms with Crippen molar-refractivity contribution in [2.75, 3.05) is 16.8 Å². The molecule has 0 aromatic heterocycles. The van der Waals surface area contributed by atoms with Crippen LogP contribution in [0.25, 0.3) is 0 Å². The molecule has 1 heterocycles. The number of halogens is 4. The van der Waals surface area contributed by atoms with Crippen LogP contribution in [0.1, 0.15) is 42.0 Å². The van der Waals surface area contributed by atoms with Gasteiger partial charge in [0.25, 0.3) is 0 Å². The summed E-state index contributed by atoms with van der Waals surface area (Å²) in [5, 5.41) is 3.29. The minimum Gasteiger partial charge on any atom is -0.385 e. The number of benzene rings is 2. The second-order valence-corrected chi connectivity index (χ2v) is 7.33. The van der Waals surface area contributed by atoms with Gasteiger partial charge in [-0.2, -0.15) is 13.2 Å². The van der Waals surface area contributed by atoms with Crippen molar-refractivity contribution in [3.8, 4) is 0 Å². The molecule has 7 heteroatoms. The molecular weight excluding hydrogens is 384 g/mol. The van der Waals surface area contributed by atoms with Crippen molar-refractivity contribution in [3.63, 3.8) is 0 Å². The summed E-state index contributed by atoms with van der Waals surface area (Å²) < 4.78 is 54.2. The summed E-state index contributed by atoms with van der Waals surface area (Å²) in [7, 11) is 0. The van der Waals surface area contributed by atoms with Crippen LogP contribution < -0.4 is 10.2 Å². The molecule has 0 spiro atoms. The van der Waals surface area contributed by atoms with Gasteiger partial charge in [0.1, 0.15) is 5.82 Å². The third kappa shape index (κ3) is 4.54. The molecule has 0 aliphatic carbocycles. The SMILES string of the molecule is CCCc1ccc(N(Cc2ccc3c(c2C)NCCC3)C(=O)C(F)(F)F)cc1F. The van der Waals surface area contributed by atoms with Gasteiger partial charge in [0.15, 0.2) is 0 Å². The Morgan fingerprint density at radius 1 is 1.17 bits per heavy atom. The number of fused-ring (bicyclic) bond motifs is 1. The van der Waals surface area contributed by atoms with E-state index < -0.39 is 17.9 Å². The number of amides is 1. The Morgan fingerprint density at radius 3 is 2.55 bits per heavy atom. The molecule has 2 aromatic rings.